The number of phenols is 1. The number of amides is 2. The molecule has 0 radical (unpaired) electrons. The Hall–Kier alpha value is -3.94. The average Bonchev–Trinajstić information content (AvgIpc) is 3.07. The third-order valence-corrected chi connectivity index (χ3v) is 4.76. The lowest BCUT2D eigenvalue weighted by Gasteiger charge is -2.07. The Morgan fingerprint density at radius 3 is 2.39 bits per heavy atom. The average molecular weight is 420 g/mol. The molecule has 0 saturated carbocycles. The molecular weight excluding hydrogens is 396 g/mol. The van der Waals surface area contributed by atoms with E-state index in [0.29, 0.717) is 35.5 Å². The van der Waals surface area contributed by atoms with E-state index in [9.17, 15) is 19.5 Å². The summed E-state index contributed by atoms with van der Waals surface area (Å²) in [5.74, 6) is -1.66. The van der Waals surface area contributed by atoms with Crippen molar-refractivity contribution in [2.75, 3.05) is 13.1 Å². The van der Waals surface area contributed by atoms with Crippen molar-refractivity contribution in [1.29, 1.82) is 0 Å². The highest BCUT2D eigenvalue weighted by Gasteiger charge is 2.24. The van der Waals surface area contributed by atoms with Gasteiger partial charge in [-0.25, -0.2) is 4.68 Å². The molecule has 0 saturated heterocycles. The molecule has 0 atom stereocenters. The standard InChI is InChI=1S/C23H24N4O4/c1-15-20(16(2)27(26-15)18-9-4-3-5-10-18)21(29)23(31)25-13-7-12-24-22(30)17-8-6-11-19(28)14-17/h3-6,8-11,14,28H,7,12-13H2,1-2H3,(H,24,30)(H,25,31). The Balaban J connectivity index is 1.52. The third-order valence-electron chi connectivity index (χ3n) is 4.76. The molecule has 160 valence electrons. The fourth-order valence-electron chi connectivity index (χ4n) is 3.23. The van der Waals surface area contributed by atoms with E-state index in [4.69, 9.17) is 0 Å². The summed E-state index contributed by atoms with van der Waals surface area (Å²) in [5.41, 5.74) is 2.53. The summed E-state index contributed by atoms with van der Waals surface area (Å²) in [6, 6.07) is 15.4. The molecule has 0 aliphatic rings. The van der Waals surface area contributed by atoms with Crippen molar-refractivity contribution in [1.82, 2.24) is 20.4 Å². The van der Waals surface area contributed by atoms with E-state index in [2.05, 4.69) is 15.7 Å². The Labute approximate surface area is 179 Å². The molecule has 8 heteroatoms. The number of aromatic nitrogens is 2. The van der Waals surface area contributed by atoms with Crippen molar-refractivity contribution in [3.8, 4) is 11.4 Å². The zero-order valence-electron chi connectivity index (χ0n) is 17.4. The molecule has 2 amide bonds. The zero-order chi connectivity index (χ0) is 22.4. The summed E-state index contributed by atoms with van der Waals surface area (Å²) in [5, 5.41) is 19.1. The van der Waals surface area contributed by atoms with E-state index >= 15 is 0 Å². The largest absolute Gasteiger partial charge is 0.508 e. The number of hydrogen-bond donors (Lipinski definition) is 3. The molecule has 0 aliphatic carbocycles. The highest BCUT2D eigenvalue weighted by atomic mass is 16.3. The summed E-state index contributed by atoms with van der Waals surface area (Å²) >= 11 is 0. The van der Waals surface area contributed by atoms with Crippen molar-refractivity contribution in [3.05, 3.63) is 77.1 Å². The lowest BCUT2D eigenvalue weighted by atomic mass is 10.1. The fourth-order valence-corrected chi connectivity index (χ4v) is 3.23. The predicted molar refractivity (Wildman–Crippen MR) is 115 cm³/mol. The first-order valence-corrected chi connectivity index (χ1v) is 9.90. The Bertz CT molecular complexity index is 1110. The number of rotatable bonds is 8. The number of benzene rings is 2. The van der Waals surface area contributed by atoms with Gasteiger partial charge >= 0.3 is 0 Å². The smallest absolute Gasteiger partial charge is 0.292 e. The summed E-state index contributed by atoms with van der Waals surface area (Å²) in [4.78, 5) is 37.0. The summed E-state index contributed by atoms with van der Waals surface area (Å²) in [7, 11) is 0. The highest BCUT2D eigenvalue weighted by molar-refractivity contribution is 6.43. The molecule has 3 rings (SSSR count). The quantitative estimate of drug-likeness (QED) is 0.294. The maximum absolute atomic E-state index is 12.7. The minimum Gasteiger partial charge on any atom is -0.508 e. The Morgan fingerprint density at radius 1 is 0.968 bits per heavy atom. The SMILES string of the molecule is Cc1nn(-c2ccccc2)c(C)c1C(=O)C(=O)NCCCNC(=O)c1cccc(O)c1. The topological polar surface area (TPSA) is 113 Å². The van der Waals surface area contributed by atoms with Gasteiger partial charge in [0.15, 0.2) is 0 Å². The van der Waals surface area contributed by atoms with Crippen molar-refractivity contribution in [2.45, 2.75) is 20.3 Å². The first-order chi connectivity index (χ1) is 14.9. The zero-order valence-corrected chi connectivity index (χ0v) is 17.4. The number of para-hydroxylation sites is 1. The lowest BCUT2D eigenvalue weighted by molar-refractivity contribution is -0.117. The molecule has 2 aromatic carbocycles. The van der Waals surface area contributed by atoms with Crippen LogP contribution in [0.3, 0.4) is 0 Å². The number of nitrogens with zero attached hydrogens (tertiary/aromatic N) is 2. The van der Waals surface area contributed by atoms with Crippen LogP contribution >= 0.6 is 0 Å². The predicted octanol–water partition coefficient (Wildman–Crippen LogP) is 2.31. The van der Waals surface area contributed by atoms with E-state index in [1.807, 2.05) is 30.3 Å². The molecule has 1 heterocycles. The van der Waals surface area contributed by atoms with Crippen molar-refractivity contribution in [2.24, 2.45) is 0 Å². The van der Waals surface area contributed by atoms with Crippen LogP contribution in [0.15, 0.2) is 54.6 Å². The minimum absolute atomic E-state index is 0.0135. The van der Waals surface area contributed by atoms with E-state index in [1.54, 1.807) is 30.7 Å². The van der Waals surface area contributed by atoms with Crippen molar-refractivity contribution >= 4 is 17.6 Å². The second-order valence-electron chi connectivity index (χ2n) is 7.04. The molecule has 31 heavy (non-hydrogen) atoms. The number of ketones is 1. The third kappa shape index (κ3) is 5.16. The van der Waals surface area contributed by atoms with Crippen molar-refractivity contribution < 1.29 is 19.5 Å². The van der Waals surface area contributed by atoms with Gasteiger partial charge in [0.25, 0.3) is 17.6 Å². The molecule has 8 nitrogen and oxygen atoms in total. The molecule has 3 aromatic rings. The fraction of sp³-hybridized carbons (Fsp3) is 0.217. The van der Waals surface area contributed by atoms with Crippen molar-refractivity contribution in [3.63, 3.8) is 0 Å². The number of Topliss-reactive ketones (excluding diaryl/α,β-unsaturated/α-hetero) is 1. The number of aryl methyl sites for hydroxylation is 1. The molecule has 0 spiro atoms. The monoisotopic (exact) mass is 420 g/mol. The van der Waals surface area contributed by atoms with Gasteiger partial charge < -0.3 is 15.7 Å². The van der Waals surface area contributed by atoms with Gasteiger partial charge in [0, 0.05) is 18.7 Å². The van der Waals surface area contributed by atoms with Crippen LogP contribution in [-0.4, -0.2) is 45.6 Å². The second kappa shape index (κ2) is 9.71. The molecule has 0 aliphatic heterocycles. The van der Waals surface area contributed by atoms with Crippen LogP contribution in [0.2, 0.25) is 0 Å². The molecule has 0 bridgehead atoms. The van der Waals surface area contributed by atoms with Gasteiger partial charge in [-0.3, -0.25) is 14.4 Å². The number of phenolic OH excluding ortho intramolecular Hbond substituents is 1. The van der Waals surface area contributed by atoms with Gasteiger partial charge in [0.2, 0.25) is 0 Å². The molecule has 0 unspecified atom stereocenters. The Morgan fingerprint density at radius 2 is 1.68 bits per heavy atom. The van der Waals surface area contributed by atoms with Gasteiger partial charge in [-0.1, -0.05) is 24.3 Å². The molecule has 1 aromatic heterocycles. The van der Waals surface area contributed by atoms with Gasteiger partial charge in [-0.05, 0) is 50.6 Å². The Kier molecular flexibility index (Phi) is 6.81. The number of hydrogen-bond acceptors (Lipinski definition) is 5. The molecular formula is C23H24N4O4. The van der Waals surface area contributed by atoms with E-state index < -0.39 is 11.7 Å². The maximum atomic E-state index is 12.7. The van der Waals surface area contributed by atoms with E-state index in [-0.39, 0.29) is 18.2 Å². The van der Waals surface area contributed by atoms with Gasteiger partial charge in [0.1, 0.15) is 5.75 Å². The van der Waals surface area contributed by atoms with Crippen LogP contribution in [0.5, 0.6) is 5.75 Å². The second-order valence-corrected chi connectivity index (χ2v) is 7.04. The van der Waals surface area contributed by atoms with Gasteiger partial charge in [-0.15, -0.1) is 0 Å². The molecule has 3 N–H and O–H groups in total. The van der Waals surface area contributed by atoms with Crippen LogP contribution in [0, 0.1) is 13.8 Å². The van der Waals surface area contributed by atoms with E-state index in [1.165, 1.54) is 12.1 Å². The van der Waals surface area contributed by atoms with Crippen LogP contribution in [0.25, 0.3) is 5.69 Å². The van der Waals surface area contributed by atoms with Gasteiger partial charge in [-0.2, -0.15) is 5.10 Å². The minimum atomic E-state index is -0.710. The summed E-state index contributed by atoms with van der Waals surface area (Å²) in [6.45, 7) is 4.00. The maximum Gasteiger partial charge on any atom is 0.292 e. The van der Waals surface area contributed by atoms with Crippen LogP contribution in [-0.2, 0) is 4.79 Å². The first kappa shape index (κ1) is 21.8. The summed E-state index contributed by atoms with van der Waals surface area (Å²) < 4.78 is 1.65. The van der Waals surface area contributed by atoms with Crippen LogP contribution < -0.4 is 10.6 Å². The summed E-state index contributed by atoms with van der Waals surface area (Å²) in [6.07, 6.45) is 0.449. The normalized spacial score (nSPS) is 10.5. The van der Waals surface area contributed by atoms with E-state index in [0.717, 1.165) is 5.69 Å². The lowest BCUT2D eigenvalue weighted by Crippen LogP contribution is -2.34. The highest BCUT2D eigenvalue weighted by Crippen LogP contribution is 2.18. The number of carbonyl (C=O) groups excluding carboxylic acids is 3. The van der Waals surface area contributed by atoms with Crippen LogP contribution in [0.4, 0.5) is 0 Å². The number of carbonyl (C=O) groups is 3. The van der Waals surface area contributed by atoms with Crippen LogP contribution in [0.1, 0.15) is 38.5 Å². The molecule has 0 fully saturated rings. The number of nitrogens with one attached hydrogen (secondary N) is 2. The number of aromatic hydroxyl groups is 1. The van der Waals surface area contributed by atoms with Gasteiger partial charge in [0.05, 0.1) is 22.6 Å². The first-order valence-electron chi connectivity index (χ1n) is 9.90.